The second-order valence-electron chi connectivity index (χ2n) is 8.35. The Morgan fingerprint density at radius 2 is 1.94 bits per heavy atom. The van der Waals surface area contributed by atoms with Gasteiger partial charge in [-0.15, -0.1) is 11.8 Å². The smallest absolute Gasteiger partial charge is 0.353 e. The van der Waals surface area contributed by atoms with E-state index in [9.17, 15) is 27.9 Å². The third kappa shape index (κ3) is 6.19. The molecule has 2 saturated heterocycles. The minimum atomic E-state index is -3.98. The first-order valence-corrected chi connectivity index (χ1v) is 12.4. The number of nitrogens with two attached hydrogens (primary N) is 1. The average Bonchev–Trinajstić information content (AvgIpc) is 3.08. The van der Waals surface area contributed by atoms with Crippen molar-refractivity contribution in [2.45, 2.75) is 44.5 Å². The Morgan fingerprint density at radius 1 is 1.32 bits per heavy atom. The van der Waals surface area contributed by atoms with Crippen LogP contribution in [-0.2, 0) is 24.6 Å². The van der Waals surface area contributed by atoms with Crippen LogP contribution in [0.2, 0.25) is 0 Å². The number of nitrogens with zero attached hydrogens (tertiary/aromatic N) is 2. The fourth-order valence-electron chi connectivity index (χ4n) is 3.66. The van der Waals surface area contributed by atoms with Gasteiger partial charge in [-0.05, 0) is 19.3 Å². The van der Waals surface area contributed by atoms with Crippen LogP contribution in [0.5, 0.6) is 0 Å². The van der Waals surface area contributed by atoms with Crippen LogP contribution < -0.4 is 15.2 Å². The van der Waals surface area contributed by atoms with Gasteiger partial charge in [0.25, 0.3) is 10.2 Å². The molecule has 0 aromatic rings. The highest BCUT2D eigenvalue weighted by Crippen LogP contribution is 2.38. The Balaban J connectivity index is 2.19. The molecule has 5 N–H and O–H groups in total. The Bertz CT molecular complexity index is 873. The van der Waals surface area contributed by atoms with E-state index in [0.717, 1.165) is 0 Å². The maximum absolute atomic E-state index is 12.7. The fourth-order valence-corrected chi connectivity index (χ4v) is 5.75. The molecule has 0 aromatic carbocycles. The highest BCUT2D eigenvalue weighted by molar-refractivity contribution is 8.03. The summed E-state index contributed by atoms with van der Waals surface area (Å²) in [6.07, 6.45) is 0.552. The summed E-state index contributed by atoms with van der Waals surface area (Å²) in [4.78, 5) is 40.2. The van der Waals surface area contributed by atoms with Crippen LogP contribution in [-0.4, -0.2) is 85.6 Å². The molecule has 2 heterocycles. The zero-order valence-electron chi connectivity index (χ0n) is 18.3. The molecule has 4 atom stereocenters. The van der Waals surface area contributed by atoms with E-state index in [1.54, 1.807) is 14.1 Å². The van der Waals surface area contributed by atoms with Crippen molar-refractivity contribution >= 4 is 39.8 Å². The van der Waals surface area contributed by atoms with Gasteiger partial charge in [-0.3, -0.25) is 9.59 Å². The predicted molar refractivity (Wildman–Crippen MR) is 117 cm³/mol. The van der Waals surface area contributed by atoms with E-state index < -0.39 is 34.0 Å². The molecule has 0 saturated carbocycles. The zero-order chi connectivity index (χ0) is 23.7. The average molecular weight is 478 g/mol. The van der Waals surface area contributed by atoms with Crippen LogP contribution in [0.3, 0.4) is 0 Å². The third-order valence-corrected chi connectivity index (χ3v) is 7.58. The minimum Gasteiger partial charge on any atom is -0.477 e. The minimum absolute atomic E-state index is 0.0178. The van der Waals surface area contributed by atoms with E-state index in [-0.39, 0.29) is 35.4 Å². The number of thioether (sulfide) groups is 1. The van der Waals surface area contributed by atoms with E-state index in [2.05, 4.69) is 10.0 Å². The molecule has 0 aromatic heterocycles. The number of likely N-dealkylation sites (tertiary alicyclic amines) is 1. The van der Waals surface area contributed by atoms with Crippen molar-refractivity contribution in [1.29, 1.82) is 0 Å². The quantitative estimate of drug-likeness (QED) is 0.246. The van der Waals surface area contributed by atoms with Crippen LogP contribution in [0.25, 0.3) is 0 Å². The monoisotopic (exact) mass is 477 g/mol. The molecule has 2 fully saturated rings. The van der Waals surface area contributed by atoms with Crippen LogP contribution in [0.15, 0.2) is 10.6 Å². The maximum atomic E-state index is 12.7. The number of carboxylic acid groups (broad SMARTS) is 1. The first kappa shape index (κ1) is 25.6. The Kier molecular flexibility index (Phi) is 8.14. The first-order chi connectivity index (χ1) is 14.2. The number of carbonyl (C=O) groups excluding carboxylic acids is 2. The van der Waals surface area contributed by atoms with Crippen molar-refractivity contribution in [3.8, 4) is 0 Å². The lowest BCUT2D eigenvalue weighted by atomic mass is 9.91. The molecule has 0 radical (unpaired) electrons. The lowest BCUT2D eigenvalue weighted by Crippen LogP contribution is -2.60. The Hall–Kier alpha value is -1.67. The standard InChI is InChI=1S/C18H31N5O6S2/c1-9(2)15(30-11-6-13(20-7-11)17(25)22(4)5)14(18(26)27)23-8-12(16(23)24)10(3)21-31(19,28)29/h9-13,20-21H,6-8H2,1-5H3,(H,26,27)(H2,19,28,29)/b15-14+/t10-,11+,12+,13+/m1/s1. The largest absolute Gasteiger partial charge is 0.477 e. The van der Waals surface area contributed by atoms with Gasteiger partial charge in [0, 0.05) is 43.4 Å². The van der Waals surface area contributed by atoms with Gasteiger partial charge in [-0.1, -0.05) is 13.8 Å². The topological polar surface area (TPSA) is 162 Å². The predicted octanol–water partition coefficient (Wildman–Crippen LogP) is -0.869. The van der Waals surface area contributed by atoms with E-state index in [4.69, 9.17) is 5.14 Å². The van der Waals surface area contributed by atoms with E-state index >= 15 is 0 Å². The molecule has 0 spiro atoms. The van der Waals surface area contributed by atoms with Gasteiger partial charge in [-0.25, -0.2) is 9.93 Å². The van der Waals surface area contributed by atoms with Crippen LogP contribution in [0, 0.1) is 11.8 Å². The van der Waals surface area contributed by atoms with Gasteiger partial charge in [0.1, 0.15) is 5.70 Å². The number of rotatable bonds is 9. The number of hydrogen-bond donors (Lipinski definition) is 4. The molecule has 176 valence electrons. The second kappa shape index (κ2) is 9.86. The van der Waals surface area contributed by atoms with E-state index in [1.165, 1.54) is 28.5 Å². The zero-order valence-corrected chi connectivity index (χ0v) is 19.9. The SMILES string of the molecule is CC(C)/C(S[C@@H]1CN[C@H](C(=O)N(C)C)C1)=C(/C(=O)O)N1C[C@@H]([C@@H](C)NS(N)(=O)=O)C1=O. The van der Waals surface area contributed by atoms with Crippen molar-refractivity contribution in [3.63, 3.8) is 0 Å². The number of amides is 2. The summed E-state index contributed by atoms with van der Waals surface area (Å²) >= 11 is 1.37. The number of allylic oxidation sites excluding steroid dienone is 1. The van der Waals surface area contributed by atoms with Gasteiger partial charge in [0.05, 0.1) is 12.0 Å². The number of aliphatic carboxylic acids is 1. The van der Waals surface area contributed by atoms with Crippen LogP contribution in [0.4, 0.5) is 0 Å². The van der Waals surface area contributed by atoms with Gasteiger partial charge >= 0.3 is 5.97 Å². The lowest BCUT2D eigenvalue weighted by molar-refractivity contribution is -0.151. The van der Waals surface area contributed by atoms with Gasteiger partial charge in [-0.2, -0.15) is 13.1 Å². The van der Waals surface area contributed by atoms with Crippen LogP contribution >= 0.6 is 11.8 Å². The third-order valence-electron chi connectivity index (χ3n) is 5.27. The van der Waals surface area contributed by atoms with Crippen molar-refractivity contribution in [2.75, 3.05) is 27.2 Å². The second-order valence-corrected chi connectivity index (χ2v) is 11.0. The molecule has 2 aliphatic rings. The van der Waals surface area contributed by atoms with E-state index in [1.807, 2.05) is 13.8 Å². The molecule has 11 nitrogen and oxygen atoms in total. The molecule has 0 aliphatic carbocycles. The van der Waals surface area contributed by atoms with Gasteiger partial charge in [0.15, 0.2) is 0 Å². The molecule has 13 heteroatoms. The molecular formula is C18H31N5O6S2. The molecule has 0 unspecified atom stereocenters. The number of nitrogens with one attached hydrogen (secondary N) is 2. The Morgan fingerprint density at radius 3 is 2.39 bits per heavy atom. The summed E-state index contributed by atoms with van der Waals surface area (Å²) in [7, 11) is -0.608. The number of carbonyl (C=O) groups is 3. The maximum Gasteiger partial charge on any atom is 0.353 e. The molecular weight excluding hydrogens is 446 g/mol. The molecule has 2 rings (SSSR count). The lowest BCUT2D eigenvalue weighted by Gasteiger charge is -2.42. The molecule has 31 heavy (non-hydrogen) atoms. The summed E-state index contributed by atoms with van der Waals surface area (Å²) in [6.45, 7) is 5.83. The summed E-state index contributed by atoms with van der Waals surface area (Å²) in [5, 5.41) is 18.0. The summed E-state index contributed by atoms with van der Waals surface area (Å²) in [5.74, 6) is -2.58. The highest BCUT2D eigenvalue weighted by Gasteiger charge is 2.46. The number of hydrogen-bond acceptors (Lipinski definition) is 7. The Labute approximate surface area is 186 Å². The van der Waals surface area contributed by atoms with Crippen molar-refractivity contribution in [1.82, 2.24) is 19.8 Å². The number of likely N-dealkylation sites (N-methyl/N-ethyl adjacent to an activating group) is 1. The fraction of sp³-hybridized carbons (Fsp3) is 0.722. The number of β-lactam (4-membered cyclic amide) rings is 1. The molecule has 2 aliphatic heterocycles. The highest BCUT2D eigenvalue weighted by atomic mass is 32.2. The van der Waals surface area contributed by atoms with Gasteiger partial charge < -0.3 is 20.2 Å². The van der Waals surface area contributed by atoms with Crippen molar-refractivity contribution < 1.29 is 27.9 Å². The number of carboxylic acids is 1. The summed E-state index contributed by atoms with van der Waals surface area (Å²) in [6, 6.07) is -1.07. The summed E-state index contributed by atoms with van der Waals surface area (Å²) < 4.78 is 24.6. The molecule has 2 amide bonds. The van der Waals surface area contributed by atoms with Crippen molar-refractivity contribution in [2.24, 2.45) is 17.0 Å². The van der Waals surface area contributed by atoms with E-state index in [0.29, 0.717) is 17.9 Å². The van der Waals surface area contributed by atoms with Gasteiger partial charge in [0.2, 0.25) is 11.8 Å². The summed E-state index contributed by atoms with van der Waals surface area (Å²) in [5.41, 5.74) is -0.0913. The molecule has 0 bridgehead atoms. The van der Waals surface area contributed by atoms with Crippen molar-refractivity contribution in [3.05, 3.63) is 10.6 Å². The first-order valence-electron chi connectivity index (χ1n) is 9.93. The van der Waals surface area contributed by atoms with Crippen LogP contribution in [0.1, 0.15) is 27.2 Å². The normalized spacial score (nSPS) is 25.8.